The number of rotatable bonds is 8. The summed E-state index contributed by atoms with van der Waals surface area (Å²) >= 11 is 6.42. The van der Waals surface area contributed by atoms with Crippen molar-refractivity contribution in [2.24, 2.45) is 13.0 Å². The average molecular weight is 651 g/mol. The number of hydrogen-bond acceptors (Lipinski definition) is 7. The van der Waals surface area contributed by atoms with E-state index in [2.05, 4.69) is 20.4 Å². The zero-order valence-corrected chi connectivity index (χ0v) is 24.8. The van der Waals surface area contributed by atoms with Crippen molar-refractivity contribution in [1.29, 1.82) is 0 Å². The van der Waals surface area contributed by atoms with Gasteiger partial charge in [-0.25, -0.2) is 9.37 Å². The van der Waals surface area contributed by atoms with Crippen LogP contribution in [0.5, 0.6) is 5.75 Å². The molecule has 45 heavy (non-hydrogen) atoms. The number of benzene rings is 2. The third-order valence-corrected chi connectivity index (χ3v) is 7.65. The summed E-state index contributed by atoms with van der Waals surface area (Å²) in [4.78, 5) is 54.4. The number of piperazine rings is 1. The first-order valence-corrected chi connectivity index (χ1v) is 14.1. The number of aromatic nitrogens is 2. The quantitative estimate of drug-likeness (QED) is 0.315. The van der Waals surface area contributed by atoms with Crippen LogP contribution in [0, 0.1) is 11.7 Å². The summed E-state index contributed by atoms with van der Waals surface area (Å²) in [6.07, 6.45) is 1.80. The Hall–Kier alpha value is -4.63. The van der Waals surface area contributed by atoms with E-state index in [0.717, 1.165) is 19.2 Å². The van der Waals surface area contributed by atoms with Crippen LogP contribution in [-0.2, 0) is 16.6 Å². The summed E-state index contributed by atoms with van der Waals surface area (Å²) in [5.41, 5.74) is 0.857. The third-order valence-electron chi connectivity index (χ3n) is 7.34. The van der Waals surface area contributed by atoms with E-state index in [0.29, 0.717) is 44.2 Å². The van der Waals surface area contributed by atoms with Crippen molar-refractivity contribution in [2.45, 2.75) is 13.0 Å². The average Bonchev–Trinajstić information content (AvgIpc) is 3.36. The number of carbonyl (C=O) groups excluding carboxylic acids is 3. The largest absolute Gasteiger partial charge is 0.483 e. The normalized spacial score (nSPS) is 14.7. The van der Waals surface area contributed by atoms with Crippen molar-refractivity contribution in [3.05, 3.63) is 64.8 Å². The molecule has 3 amide bonds. The van der Waals surface area contributed by atoms with Gasteiger partial charge in [-0.3, -0.25) is 19.2 Å². The van der Waals surface area contributed by atoms with Crippen LogP contribution in [0.3, 0.4) is 0 Å². The lowest BCUT2D eigenvalue weighted by Crippen LogP contribution is -2.52. The Kier molecular flexibility index (Phi) is 11.0. The van der Waals surface area contributed by atoms with Crippen molar-refractivity contribution in [1.82, 2.24) is 24.7 Å². The molecule has 12 nitrogen and oxygen atoms in total. The molecule has 5 rings (SSSR count). The lowest BCUT2D eigenvalue weighted by Gasteiger charge is -2.36. The number of carbonyl (C=O) groups is 4. The molecule has 0 aliphatic carbocycles. The van der Waals surface area contributed by atoms with E-state index in [4.69, 9.17) is 21.5 Å². The monoisotopic (exact) mass is 650 g/mol. The van der Waals surface area contributed by atoms with Crippen LogP contribution < -0.4 is 15.4 Å². The number of amides is 3. The summed E-state index contributed by atoms with van der Waals surface area (Å²) in [6.45, 7) is 0.0901. The lowest BCUT2D eigenvalue weighted by atomic mass is 9.98. The second-order valence-electron chi connectivity index (χ2n) is 10.2. The fraction of sp³-hybridized carbons (Fsp3) is 0.345. The highest BCUT2D eigenvalue weighted by Gasteiger charge is 2.29. The highest BCUT2D eigenvalue weighted by atomic mass is 35.5. The minimum atomic E-state index is -3.09. The van der Waals surface area contributed by atoms with Gasteiger partial charge in [-0.05, 0) is 49.3 Å². The highest BCUT2D eigenvalue weighted by molar-refractivity contribution is 6.34. The van der Waals surface area contributed by atoms with Crippen LogP contribution in [0.25, 0.3) is 11.3 Å². The number of nitrogens with one attached hydrogen (secondary N) is 2. The molecular weight excluding hydrogens is 621 g/mol. The summed E-state index contributed by atoms with van der Waals surface area (Å²) < 4.78 is 45.0. The van der Waals surface area contributed by atoms with E-state index < -0.39 is 18.3 Å². The van der Waals surface area contributed by atoms with Crippen LogP contribution in [0.4, 0.5) is 18.9 Å². The van der Waals surface area contributed by atoms with Crippen molar-refractivity contribution < 1.29 is 42.2 Å². The molecule has 2 fully saturated rings. The Labute approximate surface area is 260 Å². The first-order valence-electron chi connectivity index (χ1n) is 13.7. The topological polar surface area (TPSA) is 146 Å². The van der Waals surface area contributed by atoms with Crippen molar-refractivity contribution in [3.8, 4) is 17.0 Å². The van der Waals surface area contributed by atoms with E-state index in [-0.39, 0.29) is 51.7 Å². The smallest absolute Gasteiger partial charge is 0.387 e. The van der Waals surface area contributed by atoms with Crippen LogP contribution in [0.2, 0.25) is 5.02 Å². The first kappa shape index (κ1) is 33.3. The van der Waals surface area contributed by atoms with E-state index in [1.54, 1.807) is 9.80 Å². The number of imidazole rings is 1. The number of ether oxygens (including phenoxy) is 1. The number of hydrogen-bond donors (Lipinski definition) is 3. The van der Waals surface area contributed by atoms with E-state index in [9.17, 15) is 27.6 Å². The van der Waals surface area contributed by atoms with E-state index in [1.807, 2.05) is 0 Å². The zero-order valence-electron chi connectivity index (χ0n) is 24.0. The van der Waals surface area contributed by atoms with Gasteiger partial charge >= 0.3 is 6.61 Å². The molecular formula is C29H30ClF3N6O6. The second kappa shape index (κ2) is 14.9. The fourth-order valence-electron chi connectivity index (χ4n) is 4.90. The summed E-state index contributed by atoms with van der Waals surface area (Å²) in [7, 11) is 1.51. The molecule has 0 spiro atoms. The Morgan fingerprint density at radius 1 is 1.13 bits per heavy atom. The van der Waals surface area contributed by atoms with Crippen molar-refractivity contribution >= 4 is 41.5 Å². The van der Waals surface area contributed by atoms with Gasteiger partial charge in [-0.1, -0.05) is 11.6 Å². The Morgan fingerprint density at radius 2 is 1.80 bits per heavy atom. The molecule has 240 valence electrons. The van der Waals surface area contributed by atoms with Crippen molar-refractivity contribution in [3.63, 3.8) is 0 Å². The minimum Gasteiger partial charge on any atom is -0.483 e. The molecule has 2 aliphatic heterocycles. The van der Waals surface area contributed by atoms with Gasteiger partial charge in [0.25, 0.3) is 18.3 Å². The molecule has 2 saturated heterocycles. The molecule has 16 heteroatoms. The molecule has 3 N–H and O–H groups in total. The number of anilines is 1. The van der Waals surface area contributed by atoms with E-state index >= 15 is 0 Å². The number of alkyl halides is 2. The zero-order chi connectivity index (χ0) is 32.7. The molecule has 1 aromatic heterocycles. The van der Waals surface area contributed by atoms with Gasteiger partial charge < -0.3 is 34.8 Å². The molecule has 2 aromatic carbocycles. The van der Waals surface area contributed by atoms with Crippen LogP contribution >= 0.6 is 11.6 Å². The van der Waals surface area contributed by atoms with Crippen LogP contribution in [0.1, 0.15) is 27.4 Å². The predicted octanol–water partition coefficient (Wildman–Crippen LogP) is 3.33. The molecule has 0 atom stereocenters. The molecule has 0 saturated carbocycles. The minimum absolute atomic E-state index is 0.0393. The Bertz CT molecular complexity index is 1560. The summed E-state index contributed by atoms with van der Waals surface area (Å²) in [6, 6.07) is 7.77. The van der Waals surface area contributed by atoms with Gasteiger partial charge in [-0.15, -0.1) is 0 Å². The molecule has 3 aromatic rings. The van der Waals surface area contributed by atoms with Gasteiger partial charge in [0, 0.05) is 57.0 Å². The molecule has 3 heterocycles. The number of halogens is 4. The lowest BCUT2D eigenvalue weighted by molar-refractivity contribution is -0.134. The fourth-order valence-corrected chi connectivity index (χ4v) is 5.16. The maximum absolute atomic E-state index is 14.6. The molecule has 0 bridgehead atoms. The predicted molar refractivity (Wildman–Crippen MR) is 157 cm³/mol. The van der Waals surface area contributed by atoms with Gasteiger partial charge in [0.05, 0.1) is 22.5 Å². The van der Waals surface area contributed by atoms with Gasteiger partial charge in [-0.2, -0.15) is 8.78 Å². The number of carboxylic acid groups (broad SMARTS) is 1. The standard InChI is InChI=1S/C28H28ClF3N6O4.CH2O2/c1-36-23(20-5-3-18(12-22(20)30)42-28(31)32)15-34-25(36)26(40)35-17-2-4-19(21(29)11-17)27(41)38-8-6-37(7-9-38)24(39)10-16-13-33-14-16;2-1-3/h2-5,11-12,15-16,28,33H,6-10,13-14H2,1H3,(H,35,40);1H,(H,2,3). The van der Waals surface area contributed by atoms with Gasteiger partial charge in [0.2, 0.25) is 5.91 Å². The van der Waals surface area contributed by atoms with Gasteiger partial charge in [0.1, 0.15) is 11.6 Å². The van der Waals surface area contributed by atoms with Crippen LogP contribution in [0.15, 0.2) is 42.6 Å². The second-order valence-corrected chi connectivity index (χ2v) is 10.6. The SMILES string of the molecule is Cn1c(-c2ccc(OC(F)F)cc2F)cnc1C(=O)Nc1ccc(C(=O)N2CCN(C(=O)CC3CNC3)CC2)c(Cl)c1.O=CO. The Balaban J connectivity index is 0.00000148. The van der Waals surface area contributed by atoms with Crippen molar-refractivity contribution in [2.75, 3.05) is 44.6 Å². The van der Waals surface area contributed by atoms with Crippen LogP contribution in [-0.4, -0.2) is 94.5 Å². The highest BCUT2D eigenvalue weighted by Crippen LogP contribution is 2.28. The van der Waals surface area contributed by atoms with E-state index in [1.165, 1.54) is 48.1 Å². The molecule has 2 aliphatic rings. The first-order chi connectivity index (χ1) is 21.5. The maximum Gasteiger partial charge on any atom is 0.387 e. The third kappa shape index (κ3) is 8.10. The number of nitrogens with zero attached hydrogens (tertiary/aromatic N) is 4. The summed E-state index contributed by atoms with van der Waals surface area (Å²) in [5.74, 6) is -1.60. The maximum atomic E-state index is 14.6. The molecule has 0 radical (unpaired) electrons. The Morgan fingerprint density at radius 3 is 2.38 bits per heavy atom. The summed E-state index contributed by atoms with van der Waals surface area (Å²) in [5, 5.41) is 12.8. The molecule has 0 unspecified atom stereocenters. The van der Waals surface area contributed by atoms with Gasteiger partial charge in [0.15, 0.2) is 5.82 Å².